The summed E-state index contributed by atoms with van der Waals surface area (Å²) in [6.07, 6.45) is 0. The highest BCUT2D eigenvalue weighted by atomic mass is 16.5. The molecule has 0 bridgehead atoms. The average molecular weight is 148 g/mol. The van der Waals surface area contributed by atoms with E-state index in [4.69, 9.17) is 17.3 Å². The van der Waals surface area contributed by atoms with E-state index in [0.717, 1.165) is 5.75 Å². The minimum Gasteiger partial charge on any atom is -0.497 e. The predicted octanol–water partition coefficient (Wildman–Crippen LogP) is 0.498. The molecule has 2 radical (unpaired) electrons. The van der Waals surface area contributed by atoms with E-state index in [1.165, 1.54) is 0 Å². The summed E-state index contributed by atoms with van der Waals surface area (Å²) >= 11 is 0. The van der Waals surface area contributed by atoms with Crippen LogP contribution in [0, 0.1) is 0 Å². The number of rotatable bonds is 2. The lowest BCUT2D eigenvalue weighted by Gasteiger charge is -2.06. The third-order valence-electron chi connectivity index (χ3n) is 1.44. The summed E-state index contributed by atoms with van der Waals surface area (Å²) in [5, 5.41) is 0. The monoisotopic (exact) mass is 148 g/mol. The molecular weight excluding hydrogens is 139 g/mol. The topological polar surface area (TPSA) is 18.5 Å². The second-order valence-corrected chi connectivity index (χ2v) is 2.11. The highest BCUT2D eigenvalue weighted by Crippen LogP contribution is 2.15. The molecule has 11 heavy (non-hydrogen) atoms. The smallest absolute Gasteiger partial charge is 0.122 e. The van der Waals surface area contributed by atoms with Crippen molar-refractivity contribution in [1.29, 1.82) is 0 Å². The Bertz CT molecular complexity index is 248. The molecule has 0 N–H and O–H groups in total. The van der Waals surface area contributed by atoms with Crippen LogP contribution in [0.3, 0.4) is 0 Å². The molecule has 0 spiro atoms. The zero-order chi connectivity index (χ0) is 8.27. The normalized spacial score (nSPS) is 9.27. The maximum absolute atomic E-state index is 5.57. The molecule has 0 fully saturated rings. The molecule has 0 aliphatic carbocycles. The molecule has 0 aromatic heterocycles. The number of hydrogen-bond donors (Lipinski definition) is 0. The van der Waals surface area contributed by atoms with Crippen molar-refractivity contribution in [3.63, 3.8) is 0 Å². The molecule has 0 amide bonds. The molecule has 0 heterocycles. The fourth-order valence-corrected chi connectivity index (χ4v) is 0.818. The van der Waals surface area contributed by atoms with Crippen LogP contribution in [0.1, 0.15) is 0 Å². The van der Waals surface area contributed by atoms with Crippen LogP contribution in [0.2, 0.25) is 0 Å². The van der Waals surface area contributed by atoms with Crippen LogP contribution in [0.15, 0.2) is 18.2 Å². The van der Waals surface area contributed by atoms with E-state index >= 15 is 0 Å². The first-order valence-electron chi connectivity index (χ1n) is 3.25. The summed E-state index contributed by atoms with van der Waals surface area (Å²) in [4.78, 5) is 0. The Morgan fingerprint density at radius 2 is 1.91 bits per heavy atom. The molecule has 3 heteroatoms. The number of benzene rings is 1. The van der Waals surface area contributed by atoms with Gasteiger partial charge in [-0.1, -0.05) is 11.5 Å². The van der Waals surface area contributed by atoms with Crippen molar-refractivity contribution in [2.75, 3.05) is 14.2 Å². The van der Waals surface area contributed by atoms with Crippen LogP contribution >= 0.6 is 0 Å². The summed E-state index contributed by atoms with van der Waals surface area (Å²) in [5.74, 6) is 1.39. The Kier molecular flexibility index (Phi) is 2.42. The highest BCUT2D eigenvalue weighted by Gasteiger charge is 1.97. The van der Waals surface area contributed by atoms with Gasteiger partial charge in [-0.2, -0.15) is 0 Å². The lowest BCUT2D eigenvalue weighted by atomic mass is 9.95. The summed E-state index contributed by atoms with van der Waals surface area (Å²) < 4.78 is 9.96. The molecule has 1 rings (SSSR count). The van der Waals surface area contributed by atoms with Crippen LogP contribution in [0.25, 0.3) is 0 Å². The van der Waals surface area contributed by atoms with Gasteiger partial charge in [-0.3, -0.25) is 0 Å². The fraction of sp³-hybridized carbons (Fsp3) is 0.250. The van der Waals surface area contributed by atoms with Crippen LogP contribution in [0.4, 0.5) is 0 Å². The Morgan fingerprint density at radius 3 is 2.45 bits per heavy atom. The standard InChI is InChI=1S/C8H9BO2/c1-10-6-3-4-7(9)8(5-6)11-2/h3-5H,1-2H3. The molecule has 0 aliphatic rings. The van der Waals surface area contributed by atoms with Gasteiger partial charge in [0.15, 0.2) is 0 Å². The molecule has 56 valence electrons. The first kappa shape index (κ1) is 7.99. The van der Waals surface area contributed by atoms with Gasteiger partial charge in [-0.15, -0.1) is 0 Å². The molecule has 1 aromatic carbocycles. The molecule has 0 saturated heterocycles. The Hall–Kier alpha value is -1.12. The van der Waals surface area contributed by atoms with Crippen molar-refractivity contribution in [3.05, 3.63) is 18.2 Å². The van der Waals surface area contributed by atoms with Gasteiger partial charge in [0.2, 0.25) is 0 Å². The molecule has 0 unspecified atom stereocenters. The third kappa shape index (κ3) is 1.67. The minimum atomic E-state index is 0.619. The second-order valence-electron chi connectivity index (χ2n) is 2.11. The average Bonchev–Trinajstić information content (AvgIpc) is 2.05. The van der Waals surface area contributed by atoms with E-state index in [1.54, 1.807) is 32.4 Å². The van der Waals surface area contributed by atoms with Gasteiger partial charge >= 0.3 is 0 Å². The molecule has 0 atom stereocenters. The molecule has 2 nitrogen and oxygen atoms in total. The SMILES string of the molecule is [B]c1ccc(OC)cc1OC. The van der Waals surface area contributed by atoms with Gasteiger partial charge in [-0.25, -0.2) is 0 Å². The molecule has 0 aliphatic heterocycles. The van der Waals surface area contributed by atoms with Crippen LogP contribution in [0.5, 0.6) is 11.5 Å². The van der Waals surface area contributed by atoms with E-state index in [0.29, 0.717) is 11.2 Å². The van der Waals surface area contributed by atoms with Crippen molar-refractivity contribution in [2.45, 2.75) is 0 Å². The van der Waals surface area contributed by atoms with Crippen LogP contribution < -0.4 is 14.9 Å². The Labute approximate surface area is 67.5 Å². The number of hydrogen-bond acceptors (Lipinski definition) is 2. The zero-order valence-corrected chi connectivity index (χ0v) is 6.63. The summed E-state index contributed by atoms with van der Waals surface area (Å²) in [6, 6.07) is 5.28. The van der Waals surface area contributed by atoms with Gasteiger partial charge in [0.25, 0.3) is 0 Å². The predicted molar refractivity (Wildman–Crippen MR) is 44.9 cm³/mol. The molecule has 1 aromatic rings. The van der Waals surface area contributed by atoms with Crippen molar-refractivity contribution in [2.24, 2.45) is 0 Å². The molecular formula is C8H9BO2. The molecule has 0 saturated carbocycles. The van der Waals surface area contributed by atoms with Gasteiger partial charge in [0.1, 0.15) is 19.3 Å². The number of ether oxygens (including phenoxy) is 2. The number of methoxy groups -OCH3 is 2. The van der Waals surface area contributed by atoms with Crippen LogP contribution in [-0.4, -0.2) is 22.1 Å². The van der Waals surface area contributed by atoms with Crippen molar-refractivity contribution in [1.82, 2.24) is 0 Å². The van der Waals surface area contributed by atoms with Gasteiger partial charge in [0, 0.05) is 6.07 Å². The lowest BCUT2D eigenvalue weighted by molar-refractivity contribution is 0.396. The second kappa shape index (κ2) is 3.33. The van der Waals surface area contributed by atoms with E-state index in [-0.39, 0.29) is 0 Å². The zero-order valence-electron chi connectivity index (χ0n) is 6.63. The van der Waals surface area contributed by atoms with E-state index in [1.807, 2.05) is 0 Å². The lowest BCUT2D eigenvalue weighted by Crippen LogP contribution is -2.06. The van der Waals surface area contributed by atoms with Gasteiger partial charge < -0.3 is 9.47 Å². The largest absolute Gasteiger partial charge is 0.497 e. The highest BCUT2D eigenvalue weighted by molar-refractivity contribution is 6.34. The van der Waals surface area contributed by atoms with Gasteiger partial charge in [0.05, 0.1) is 14.2 Å². The van der Waals surface area contributed by atoms with Crippen molar-refractivity contribution < 1.29 is 9.47 Å². The minimum absolute atomic E-state index is 0.619. The van der Waals surface area contributed by atoms with Crippen molar-refractivity contribution in [3.8, 4) is 11.5 Å². The first-order chi connectivity index (χ1) is 5.27. The fourth-order valence-electron chi connectivity index (χ4n) is 0.818. The van der Waals surface area contributed by atoms with E-state index in [2.05, 4.69) is 0 Å². The van der Waals surface area contributed by atoms with E-state index < -0.39 is 0 Å². The maximum atomic E-state index is 5.57. The third-order valence-corrected chi connectivity index (χ3v) is 1.44. The maximum Gasteiger partial charge on any atom is 0.122 e. The van der Waals surface area contributed by atoms with Crippen molar-refractivity contribution >= 4 is 13.3 Å². The van der Waals surface area contributed by atoms with Crippen LogP contribution in [-0.2, 0) is 0 Å². The van der Waals surface area contributed by atoms with E-state index in [9.17, 15) is 0 Å². The summed E-state index contributed by atoms with van der Waals surface area (Å²) in [6.45, 7) is 0. The Morgan fingerprint density at radius 1 is 1.18 bits per heavy atom. The first-order valence-corrected chi connectivity index (χ1v) is 3.25. The summed E-state index contributed by atoms with van der Waals surface area (Å²) in [7, 11) is 8.75. The Balaban J connectivity index is 3.02. The quantitative estimate of drug-likeness (QED) is 0.568. The summed E-state index contributed by atoms with van der Waals surface area (Å²) in [5.41, 5.74) is 0.619. The van der Waals surface area contributed by atoms with Gasteiger partial charge in [-0.05, 0) is 6.07 Å².